The Morgan fingerprint density at radius 2 is 2.18 bits per heavy atom. The van der Waals surface area contributed by atoms with Crippen molar-refractivity contribution in [2.75, 3.05) is 6.54 Å². The molecule has 0 spiro atoms. The minimum Gasteiger partial charge on any atom is -0.313 e. The molecule has 1 N–H and O–H groups in total. The van der Waals surface area contributed by atoms with Gasteiger partial charge in [0.1, 0.15) is 12.2 Å². The Hall–Kier alpha value is -0.900. The molecule has 17 heavy (non-hydrogen) atoms. The molecular formula is C13H24N4. The topological polar surface area (TPSA) is 42.7 Å². The van der Waals surface area contributed by atoms with Crippen molar-refractivity contribution in [3.05, 3.63) is 12.2 Å². The van der Waals surface area contributed by atoms with Gasteiger partial charge < -0.3 is 5.32 Å². The van der Waals surface area contributed by atoms with E-state index in [0.717, 1.165) is 18.8 Å². The summed E-state index contributed by atoms with van der Waals surface area (Å²) >= 11 is 0. The Labute approximate surface area is 104 Å². The fourth-order valence-corrected chi connectivity index (χ4v) is 2.39. The highest BCUT2D eigenvalue weighted by molar-refractivity contribution is 5.03. The predicted molar refractivity (Wildman–Crippen MR) is 68.9 cm³/mol. The Morgan fingerprint density at radius 3 is 2.71 bits per heavy atom. The molecule has 1 fully saturated rings. The summed E-state index contributed by atoms with van der Waals surface area (Å²) in [5.74, 6) is 1.11. The highest BCUT2D eigenvalue weighted by atomic mass is 15.3. The van der Waals surface area contributed by atoms with Crippen LogP contribution in [0.1, 0.15) is 52.4 Å². The normalized spacial score (nSPS) is 19.6. The van der Waals surface area contributed by atoms with E-state index >= 15 is 0 Å². The SMILES string of the molecule is CCNC(Cc1ncnn1C(C)C)C1(C)CC1. The third-order valence-corrected chi connectivity index (χ3v) is 3.85. The van der Waals surface area contributed by atoms with E-state index in [2.05, 4.69) is 43.1 Å². The summed E-state index contributed by atoms with van der Waals surface area (Å²) in [6, 6.07) is 0.927. The van der Waals surface area contributed by atoms with Crippen molar-refractivity contribution in [3.63, 3.8) is 0 Å². The van der Waals surface area contributed by atoms with Gasteiger partial charge in [-0.1, -0.05) is 13.8 Å². The minimum absolute atomic E-state index is 0.391. The van der Waals surface area contributed by atoms with E-state index in [1.807, 2.05) is 4.68 Å². The van der Waals surface area contributed by atoms with Gasteiger partial charge in [-0.3, -0.25) is 0 Å². The van der Waals surface area contributed by atoms with Crippen molar-refractivity contribution in [2.45, 2.75) is 59.0 Å². The van der Waals surface area contributed by atoms with Gasteiger partial charge in [0.25, 0.3) is 0 Å². The highest BCUT2D eigenvalue weighted by Gasteiger charge is 2.44. The first-order chi connectivity index (χ1) is 8.07. The maximum atomic E-state index is 4.41. The zero-order valence-corrected chi connectivity index (χ0v) is 11.4. The number of likely N-dealkylation sites (N-methyl/N-ethyl adjacent to an activating group) is 1. The van der Waals surface area contributed by atoms with E-state index in [1.54, 1.807) is 6.33 Å². The van der Waals surface area contributed by atoms with Crippen molar-refractivity contribution in [2.24, 2.45) is 5.41 Å². The van der Waals surface area contributed by atoms with Gasteiger partial charge in [-0.15, -0.1) is 0 Å². The predicted octanol–water partition coefficient (Wildman–Crippen LogP) is 2.18. The van der Waals surface area contributed by atoms with Crippen LogP contribution in [-0.2, 0) is 6.42 Å². The molecule has 1 atom stereocenters. The van der Waals surface area contributed by atoms with Gasteiger partial charge in [0.2, 0.25) is 0 Å². The smallest absolute Gasteiger partial charge is 0.138 e. The second-order valence-electron chi connectivity index (χ2n) is 5.68. The zero-order chi connectivity index (χ0) is 12.5. The molecule has 4 heteroatoms. The van der Waals surface area contributed by atoms with Crippen LogP contribution in [-0.4, -0.2) is 27.4 Å². The van der Waals surface area contributed by atoms with Crippen molar-refractivity contribution in [1.82, 2.24) is 20.1 Å². The molecule has 0 amide bonds. The Kier molecular flexibility index (Phi) is 3.52. The lowest BCUT2D eigenvalue weighted by Crippen LogP contribution is -2.38. The molecular weight excluding hydrogens is 212 g/mol. The minimum atomic E-state index is 0.391. The molecule has 0 saturated heterocycles. The molecule has 2 rings (SSSR count). The standard InChI is InChI=1S/C13H24N4/c1-5-14-11(13(4)6-7-13)8-12-15-9-16-17(12)10(2)3/h9-11,14H,5-8H2,1-4H3. The van der Waals surface area contributed by atoms with Crippen molar-refractivity contribution < 1.29 is 0 Å². The molecule has 1 heterocycles. The highest BCUT2D eigenvalue weighted by Crippen LogP contribution is 2.48. The zero-order valence-electron chi connectivity index (χ0n) is 11.4. The Bertz CT molecular complexity index is 365. The van der Waals surface area contributed by atoms with Crippen LogP contribution in [0.4, 0.5) is 0 Å². The van der Waals surface area contributed by atoms with E-state index in [1.165, 1.54) is 12.8 Å². The molecule has 1 aromatic rings. The quantitative estimate of drug-likeness (QED) is 0.823. The molecule has 1 aliphatic carbocycles. The first-order valence-electron chi connectivity index (χ1n) is 6.68. The summed E-state index contributed by atoms with van der Waals surface area (Å²) in [6.07, 6.45) is 5.33. The lowest BCUT2D eigenvalue weighted by atomic mass is 9.95. The number of hydrogen-bond donors (Lipinski definition) is 1. The van der Waals surface area contributed by atoms with Crippen molar-refractivity contribution >= 4 is 0 Å². The molecule has 0 aliphatic heterocycles. The maximum absolute atomic E-state index is 4.41. The second-order valence-corrected chi connectivity index (χ2v) is 5.68. The Morgan fingerprint density at radius 1 is 1.47 bits per heavy atom. The second kappa shape index (κ2) is 4.77. The van der Waals surface area contributed by atoms with Crippen LogP contribution in [0.25, 0.3) is 0 Å². The summed E-state index contributed by atoms with van der Waals surface area (Å²) in [5, 5.41) is 7.92. The molecule has 4 nitrogen and oxygen atoms in total. The summed E-state index contributed by atoms with van der Waals surface area (Å²) in [6.45, 7) is 9.87. The molecule has 0 aromatic carbocycles. The van der Waals surface area contributed by atoms with Crippen LogP contribution in [0.5, 0.6) is 0 Å². The van der Waals surface area contributed by atoms with Crippen molar-refractivity contribution in [1.29, 1.82) is 0 Å². The van der Waals surface area contributed by atoms with Gasteiger partial charge in [-0.25, -0.2) is 9.67 Å². The number of hydrogen-bond acceptors (Lipinski definition) is 3. The number of nitrogens with zero attached hydrogens (tertiary/aromatic N) is 3. The molecule has 1 aliphatic rings. The molecule has 0 radical (unpaired) electrons. The lowest BCUT2D eigenvalue weighted by molar-refractivity contribution is 0.345. The fourth-order valence-electron chi connectivity index (χ4n) is 2.39. The number of aromatic nitrogens is 3. The summed E-state index contributed by atoms with van der Waals surface area (Å²) in [7, 11) is 0. The van der Waals surface area contributed by atoms with Gasteiger partial charge in [0, 0.05) is 18.5 Å². The van der Waals surface area contributed by atoms with Crippen LogP contribution < -0.4 is 5.32 Å². The van der Waals surface area contributed by atoms with E-state index < -0.39 is 0 Å². The molecule has 1 aromatic heterocycles. The first kappa shape index (κ1) is 12.6. The van der Waals surface area contributed by atoms with Gasteiger partial charge in [-0.05, 0) is 38.6 Å². The average molecular weight is 236 g/mol. The molecule has 1 saturated carbocycles. The van der Waals surface area contributed by atoms with Gasteiger partial charge in [0.15, 0.2) is 0 Å². The number of rotatable bonds is 6. The van der Waals surface area contributed by atoms with E-state index in [0.29, 0.717) is 17.5 Å². The van der Waals surface area contributed by atoms with Crippen LogP contribution >= 0.6 is 0 Å². The fraction of sp³-hybridized carbons (Fsp3) is 0.846. The van der Waals surface area contributed by atoms with E-state index in [-0.39, 0.29) is 0 Å². The molecule has 0 bridgehead atoms. The summed E-state index contributed by atoms with van der Waals surface area (Å²) in [4.78, 5) is 4.41. The van der Waals surface area contributed by atoms with Gasteiger partial charge in [-0.2, -0.15) is 5.10 Å². The van der Waals surface area contributed by atoms with Crippen molar-refractivity contribution in [3.8, 4) is 0 Å². The Balaban J connectivity index is 2.09. The maximum Gasteiger partial charge on any atom is 0.138 e. The monoisotopic (exact) mass is 236 g/mol. The van der Waals surface area contributed by atoms with Crippen LogP contribution in [0.15, 0.2) is 6.33 Å². The van der Waals surface area contributed by atoms with E-state index in [4.69, 9.17) is 0 Å². The van der Waals surface area contributed by atoms with Crippen LogP contribution in [0.3, 0.4) is 0 Å². The third kappa shape index (κ3) is 2.68. The summed E-state index contributed by atoms with van der Waals surface area (Å²) in [5.41, 5.74) is 0.476. The molecule has 96 valence electrons. The van der Waals surface area contributed by atoms with Crippen LogP contribution in [0, 0.1) is 5.41 Å². The first-order valence-corrected chi connectivity index (χ1v) is 6.68. The van der Waals surface area contributed by atoms with E-state index in [9.17, 15) is 0 Å². The van der Waals surface area contributed by atoms with Gasteiger partial charge >= 0.3 is 0 Å². The summed E-state index contributed by atoms with van der Waals surface area (Å²) < 4.78 is 2.04. The number of nitrogens with one attached hydrogen (secondary N) is 1. The molecule has 1 unspecified atom stereocenters. The average Bonchev–Trinajstić information content (AvgIpc) is 2.86. The lowest BCUT2D eigenvalue weighted by Gasteiger charge is -2.24. The van der Waals surface area contributed by atoms with Crippen LogP contribution in [0.2, 0.25) is 0 Å². The van der Waals surface area contributed by atoms with Gasteiger partial charge in [0.05, 0.1) is 0 Å². The largest absolute Gasteiger partial charge is 0.313 e. The third-order valence-electron chi connectivity index (χ3n) is 3.85.